The molecule has 3 aliphatic rings. The van der Waals surface area contributed by atoms with Gasteiger partial charge < -0.3 is 4.74 Å². The van der Waals surface area contributed by atoms with Crippen LogP contribution in [0.4, 0.5) is 0 Å². The molecular weight excluding hydrogens is 296 g/mol. The van der Waals surface area contributed by atoms with Gasteiger partial charge in [0.25, 0.3) is 5.91 Å². The van der Waals surface area contributed by atoms with Crippen molar-refractivity contribution in [2.24, 2.45) is 5.92 Å². The summed E-state index contributed by atoms with van der Waals surface area (Å²) in [7, 11) is -3.32. The van der Waals surface area contributed by atoms with Crippen LogP contribution >= 0.6 is 0 Å². The number of hydroxylamine groups is 2. The van der Waals surface area contributed by atoms with E-state index in [0.29, 0.717) is 32.6 Å². The molecule has 3 saturated heterocycles. The number of carbonyl (C=O) groups is 1. The number of ether oxygens (including phenoxy) is 1. The summed E-state index contributed by atoms with van der Waals surface area (Å²) in [6.45, 7) is 3.59. The Morgan fingerprint density at radius 1 is 1.33 bits per heavy atom. The van der Waals surface area contributed by atoms with Crippen molar-refractivity contribution < 1.29 is 22.8 Å². The minimum atomic E-state index is -3.32. The predicted octanol–water partition coefficient (Wildman–Crippen LogP) is -0.0206. The third-order valence-corrected chi connectivity index (χ3v) is 6.40. The Kier molecular flexibility index (Phi) is 4.22. The highest BCUT2D eigenvalue weighted by Gasteiger charge is 2.47. The summed E-state index contributed by atoms with van der Waals surface area (Å²) in [5.74, 6) is -0.432. The molecule has 3 heterocycles. The number of amides is 1. The zero-order valence-electron chi connectivity index (χ0n) is 12.2. The summed E-state index contributed by atoms with van der Waals surface area (Å²) < 4.78 is 31.7. The molecule has 0 radical (unpaired) electrons. The number of rotatable bonds is 3. The number of nitrogens with zero attached hydrogens (tertiary/aromatic N) is 2. The Balaban J connectivity index is 1.79. The van der Waals surface area contributed by atoms with E-state index in [0.717, 1.165) is 6.42 Å². The van der Waals surface area contributed by atoms with E-state index in [-0.39, 0.29) is 36.3 Å². The zero-order valence-corrected chi connectivity index (χ0v) is 13.0. The lowest BCUT2D eigenvalue weighted by Gasteiger charge is -2.39. The molecule has 3 rings (SSSR count). The Morgan fingerprint density at radius 2 is 2.14 bits per heavy atom. The molecule has 0 bridgehead atoms. The molecule has 8 heteroatoms. The van der Waals surface area contributed by atoms with Gasteiger partial charge >= 0.3 is 0 Å². The molecule has 21 heavy (non-hydrogen) atoms. The first-order valence-corrected chi connectivity index (χ1v) is 9.19. The fraction of sp³-hybridized carbons (Fsp3) is 0.923. The van der Waals surface area contributed by atoms with Gasteiger partial charge in [-0.1, -0.05) is 0 Å². The molecule has 0 saturated carbocycles. The lowest BCUT2D eigenvalue weighted by atomic mass is 9.91. The number of piperidine rings is 1. The van der Waals surface area contributed by atoms with Gasteiger partial charge in [-0.3, -0.25) is 9.63 Å². The van der Waals surface area contributed by atoms with Crippen molar-refractivity contribution in [3.8, 4) is 0 Å². The van der Waals surface area contributed by atoms with Crippen molar-refractivity contribution in [1.82, 2.24) is 9.37 Å². The van der Waals surface area contributed by atoms with Crippen LogP contribution in [0.3, 0.4) is 0 Å². The first-order chi connectivity index (χ1) is 10.0. The van der Waals surface area contributed by atoms with Crippen molar-refractivity contribution in [3.05, 3.63) is 0 Å². The minimum absolute atomic E-state index is 0.0529. The molecule has 3 aliphatic heterocycles. The number of sulfonamides is 1. The maximum atomic E-state index is 12.5. The number of carbonyl (C=O) groups excluding carboxylic acids is 1. The van der Waals surface area contributed by atoms with Crippen molar-refractivity contribution in [1.29, 1.82) is 0 Å². The number of fused-ring (bicyclic) bond motifs is 1. The Hall–Kier alpha value is -0.700. The normalized spacial score (nSPS) is 34.1. The van der Waals surface area contributed by atoms with Crippen LogP contribution in [0.1, 0.15) is 26.2 Å². The second-order valence-electron chi connectivity index (χ2n) is 5.80. The van der Waals surface area contributed by atoms with Gasteiger partial charge in [0.05, 0.1) is 37.0 Å². The van der Waals surface area contributed by atoms with E-state index in [2.05, 4.69) is 0 Å². The summed E-state index contributed by atoms with van der Waals surface area (Å²) in [6, 6.07) is -0.113. The standard InChI is InChI=1S/C13H22N2O5S/c1-2-21(17,18)15-9-10(8-12-11(15)4-7-19-12)13(16)14-5-3-6-20-14/h10-12H,2-9H2,1H3/t10-,11+,12+/m1/s1. The van der Waals surface area contributed by atoms with Crippen molar-refractivity contribution in [3.63, 3.8) is 0 Å². The van der Waals surface area contributed by atoms with Crippen LogP contribution in [-0.2, 0) is 24.4 Å². The van der Waals surface area contributed by atoms with E-state index in [4.69, 9.17) is 9.57 Å². The first kappa shape index (κ1) is 15.2. The average Bonchev–Trinajstić information content (AvgIpc) is 3.16. The van der Waals surface area contributed by atoms with Crippen molar-refractivity contribution in [2.45, 2.75) is 38.3 Å². The Labute approximate surface area is 125 Å². The molecule has 0 aromatic rings. The lowest BCUT2D eigenvalue weighted by Crippen LogP contribution is -2.55. The van der Waals surface area contributed by atoms with Crippen molar-refractivity contribution >= 4 is 15.9 Å². The molecule has 0 aromatic carbocycles. The van der Waals surface area contributed by atoms with Gasteiger partial charge in [-0.05, 0) is 26.2 Å². The molecule has 3 atom stereocenters. The number of hydrogen-bond donors (Lipinski definition) is 0. The maximum Gasteiger partial charge on any atom is 0.250 e. The maximum absolute atomic E-state index is 12.5. The van der Waals surface area contributed by atoms with Crippen LogP contribution in [0.5, 0.6) is 0 Å². The fourth-order valence-electron chi connectivity index (χ4n) is 3.39. The molecule has 0 aromatic heterocycles. The van der Waals surface area contributed by atoms with Gasteiger partial charge in [-0.2, -0.15) is 4.31 Å². The van der Waals surface area contributed by atoms with E-state index in [1.54, 1.807) is 6.92 Å². The third kappa shape index (κ3) is 2.81. The monoisotopic (exact) mass is 318 g/mol. The van der Waals surface area contributed by atoms with Crippen LogP contribution < -0.4 is 0 Å². The summed E-state index contributed by atoms with van der Waals surface area (Å²) in [5.41, 5.74) is 0. The quantitative estimate of drug-likeness (QED) is 0.731. The SMILES string of the molecule is CCS(=O)(=O)N1C[C@H](C(=O)N2CCCO2)C[C@@H]2OCC[C@@H]21. The van der Waals surface area contributed by atoms with Crippen LogP contribution in [0.2, 0.25) is 0 Å². The minimum Gasteiger partial charge on any atom is -0.376 e. The topological polar surface area (TPSA) is 76.2 Å². The Bertz CT molecular complexity index is 503. The highest BCUT2D eigenvalue weighted by Crippen LogP contribution is 2.34. The molecule has 0 N–H and O–H groups in total. The molecular formula is C13H22N2O5S. The summed E-state index contributed by atoms with van der Waals surface area (Å²) in [5, 5.41) is 1.39. The second kappa shape index (κ2) is 5.83. The predicted molar refractivity (Wildman–Crippen MR) is 74.7 cm³/mol. The van der Waals surface area contributed by atoms with Gasteiger partial charge in [0.15, 0.2) is 0 Å². The molecule has 3 fully saturated rings. The van der Waals surface area contributed by atoms with E-state index in [1.165, 1.54) is 9.37 Å². The van der Waals surface area contributed by atoms with Crippen LogP contribution in [-0.4, -0.2) is 67.9 Å². The number of hydrogen-bond acceptors (Lipinski definition) is 5. The van der Waals surface area contributed by atoms with Crippen LogP contribution in [0.25, 0.3) is 0 Å². The van der Waals surface area contributed by atoms with Gasteiger partial charge in [0.2, 0.25) is 10.0 Å². The fourth-order valence-corrected chi connectivity index (χ4v) is 4.78. The molecule has 0 aliphatic carbocycles. The largest absolute Gasteiger partial charge is 0.376 e. The molecule has 120 valence electrons. The zero-order chi connectivity index (χ0) is 15.0. The van der Waals surface area contributed by atoms with E-state index in [1.807, 2.05) is 0 Å². The smallest absolute Gasteiger partial charge is 0.250 e. The van der Waals surface area contributed by atoms with E-state index in [9.17, 15) is 13.2 Å². The Morgan fingerprint density at radius 3 is 2.81 bits per heavy atom. The third-order valence-electron chi connectivity index (χ3n) is 4.53. The van der Waals surface area contributed by atoms with Gasteiger partial charge in [0, 0.05) is 13.2 Å². The second-order valence-corrected chi connectivity index (χ2v) is 8.01. The van der Waals surface area contributed by atoms with Crippen molar-refractivity contribution in [2.75, 3.05) is 32.1 Å². The summed E-state index contributed by atoms with van der Waals surface area (Å²) in [4.78, 5) is 17.8. The van der Waals surface area contributed by atoms with Gasteiger partial charge in [-0.15, -0.1) is 0 Å². The average molecular weight is 318 g/mol. The molecule has 1 amide bonds. The molecule has 7 nitrogen and oxygen atoms in total. The van der Waals surface area contributed by atoms with Crippen LogP contribution in [0, 0.1) is 5.92 Å². The summed E-state index contributed by atoms with van der Waals surface area (Å²) in [6.07, 6.45) is 1.96. The molecule has 0 unspecified atom stereocenters. The first-order valence-electron chi connectivity index (χ1n) is 7.58. The highest BCUT2D eigenvalue weighted by atomic mass is 32.2. The van der Waals surface area contributed by atoms with E-state index < -0.39 is 10.0 Å². The lowest BCUT2D eigenvalue weighted by molar-refractivity contribution is -0.176. The summed E-state index contributed by atoms with van der Waals surface area (Å²) >= 11 is 0. The highest BCUT2D eigenvalue weighted by molar-refractivity contribution is 7.89. The van der Waals surface area contributed by atoms with E-state index >= 15 is 0 Å². The van der Waals surface area contributed by atoms with Gasteiger partial charge in [-0.25, -0.2) is 13.5 Å². The van der Waals surface area contributed by atoms with Gasteiger partial charge in [0.1, 0.15) is 0 Å². The molecule has 0 spiro atoms. The van der Waals surface area contributed by atoms with Crippen LogP contribution in [0.15, 0.2) is 0 Å².